The molecule has 0 aliphatic carbocycles. The molecule has 3 aromatic rings. The van der Waals surface area contributed by atoms with Crippen LogP contribution < -0.4 is 4.74 Å². The number of nitrogens with one attached hydrogen (secondary N) is 1. The maximum absolute atomic E-state index is 5.95. The lowest BCUT2D eigenvalue weighted by molar-refractivity contribution is 0.293. The number of aryl methyl sites for hydroxylation is 4. The molecular formula is C18H20N2O. The molecule has 3 nitrogen and oxygen atoms in total. The Morgan fingerprint density at radius 3 is 2.33 bits per heavy atom. The Labute approximate surface area is 125 Å². The SMILES string of the molecule is Cc1cc2nc(COc3c(C)cccc3C)[nH]c2cc1C. The van der Waals surface area contributed by atoms with Gasteiger partial charge in [0.1, 0.15) is 18.2 Å². The molecule has 0 radical (unpaired) electrons. The van der Waals surface area contributed by atoms with Crippen LogP contribution in [0, 0.1) is 27.7 Å². The first-order valence-electron chi connectivity index (χ1n) is 7.19. The van der Waals surface area contributed by atoms with Gasteiger partial charge in [0.05, 0.1) is 11.0 Å². The summed E-state index contributed by atoms with van der Waals surface area (Å²) in [5, 5.41) is 0. The first kappa shape index (κ1) is 13.7. The fourth-order valence-corrected chi connectivity index (χ4v) is 2.56. The maximum Gasteiger partial charge on any atom is 0.146 e. The summed E-state index contributed by atoms with van der Waals surface area (Å²) in [6, 6.07) is 10.4. The second kappa shape index (κ2) is 5.24. The van der Waals surface area contributed by atoms with Gasteiger partial charge in [-0.15, -0.1) is 0 Å². The van der Waals surface area contributed by atoms with Crippen molar-refractivity contribution in [3.8, 4) is 5.75 Å². The number of aromatic amines is 1. The number of hydrogen-bond donors (Lipinski definition) is 1. The van der Waals surface area contributed by atoms with E-state index in [0.29, 0.717) is 6.61 Å². The van der Waals surface area contributed by atoms with E-state index in [1.165, 1.54) is 11.1 Å². The van der Waals surface area contributed by atoms with Crippen LogP contribution in [0.3, 0.4) is 0 Å². The van der Waals surface area contributed by atoms with Crippen molar-refractivity contribution in [2.45, 2.75) is 34.3 Å². The molecule has 1 aromatic heterocycles. The molecule has 0 atom stereocenters. The van der Waals surface area contributed by atoms with Gasteiger partial charge in [0.25, 0.3) is 0 Å². The van der Waals surface area contributed by atoms with E-state index >= 15 is 0 Å². The van der Waals surface area contributed by atoms with Gasteiger partial charge in [-0.3, -0.25) is 0 Å². The van der Waals surface area contributed by atoms with Crippen LogP contribution in [-0.2, 0) is 6.61 Å². The lowest BCUT2D eigenvalue weighted by Crippen LogP contribution is -2.00. The summed E-state index contributed by atoms with van der Waals surface area (Å²) >= 11 is 0. The topological polar surface area (TPSA) is 37.9 Å². The maximum atomic E-state index is 5.95. The highest BCUT2D eigenvalue weighted by atomic mass is 16.5. The lowest BCUT2D eigenvalue weighted by Gasteiger charge is -2.10. The summed E-state index contributed by atoms with van der Waals surface area (Å²) in [6.45, 7) is 8.80. The van der Waals surface area contributed by atoms with Gasteiger partial charge in [-0.05, 0) is 62.1 Å². The molecule has 1 N–H and O–H groups in total. The summed E-state index contributed by atoms with van der Waals surface area (Å²) in [5.41, 5.74) is 6.90. The molecule has 0 aliphatic rings. The van der Waals surface area contributed by atoms with Gasteiger partial charge in [-0.2, -0.15) is 0 Å². The van der Waals surface area contributed by atoms with Crippen LogP contribution in [0.4, 0.5) is 0 Å². The molecule has 21 heavy (non-hydrogen) atoms. The van der Waals surface area contributed by atoms with Gasteiger partial charge >= 0.3 is 0 Å². The third-order valence-electron chi connectivity index (χ3n) is 3.91. The van der Waals surface area contributed by atoms with Crippen LogP contribution in [0.15, 0.2) is 30.3 Å². The normalized spacial score (nSPS) is 11.0. The van der Waals surface area contributed by atoms with Gasteiger partial charge in [-0.1, -0.05) is 18.2 Å². The summed E-state index contributed by atoms with van der Waals surface area (Å²) in [5.74, 6) is 1.81. The zero-order valence-corrected chi connectivity index (χ0v) is 12.9. The molecule has 0 fully saturated rings. The minimum atomic E-state index is 0.457. The van der Waals surface area contributed by atoms with Crippen molar-refractivity contribution in [1.29, 1.82) is 0 Å². The van der Waals surface area contributed by atoms with E-state index in [4.69, 9.17) is 4.74 Å². The summed E-state index contributed by atoms with van der Waals surface area (Å²) in [4.78, 5) is 7.95. The van der Waals surface area contributed by atoms with Gasteiger partial charge in [-0.25, -0.2) is 4.98 Å². The van der Waals surface area contributed by atoms with Crippen molar-refractivity contribution in [3.63, 3.8) is 0 Å². The van der Waals surface area contributed by atoms with Crippen LogP contribution in [0.25, 0.3) is 11.0 Å². The van der Waals surface area contributed by atoms with Gasteiger partial charge in [0.2, 0.25) is 0 Å². The molecule has 0 aliphatic heterocycles. The second-order valence-electron chi connectivity index (χ2n) is 5.65. The highest BCUT2D eigenvalue weighted by Crippen LogP contribution is 2.24. The van der Waals surface area contributed by atoms with Crippen molar-refractivity contribution in [3.05, 3.63) is 58.4 Å². The quantitative estimate of drug-likeness (QED) is 0.773. The molecule has 0 saturated carbocycles. The molecule has 108 valence electrons. The van der Waals surface area contributed by atoms with Gasteiger partial charge in [0.15, 0.2) is 0 Å². The highest BCUT2D eigenvalue weighted by Gasteiger charge is 2.08. The largest absolute Gasteiger partial charge is 0.485 e. The van der Waals surface area contributed by atoms with E-state index in [2.05, 4.69) is 61.9 Å². The smallest absolute Gasteiger partial charge is 0.146 e. The molecule has 3 heteroatoms. The molecule has 0 amide bonds. The van der Waals surface area contributed by atoms with Gasteiger partial charge in [0, 0.05) is 0 Å². The number of rotatable bonds is 3. The van der Waals surface area contributed by atoms with Crippen molar-refractivity contribution < 1.29 is 4.74 Å². The van der Waals surface area contributed by atoms with Crippen LogP contribution in [0.5, 0.6) is 5.75 Å². The lowest BCUT2D eigenvalue weighted by atomic mass is 10.1. The Morgan fingerprint density at radius 1 is 0.952 bits per heavy atom. The van der Waals surface area contributed by atoms with Crippen LogP contribution in [-0.4, -0.2) is 9.97 Å². The molecule has 0 saturated heterocycles. The number of H-pyrrole nitrogens is 1. The molecule has 3 rings (SSSR count). The summed E-state index contributed by atoms with van der Waals surface area (Å²) in [7, 11) is 0. The van der Waals surface area contributed by atoms with Crippen molar-refractivity contribution >= 4 is 11.0 Å². The highest BCUT2D eigenvalue weighted by molar-refractivity contribution is 5.77. The standard InChI is InChI=1S/C18H20N2O/c1-11-6-5-7-12(2)18(11)21-10-17-19-15-8-13(3)14(4)9-16(15)20-17/h5-9H,10H2,1-4H3,(H,19,20). The number of aromatic nitrogens is 2. The Balaban J connectivity index is 1.85. The molecule has 0 unspecified atom stereocenters. The van der Waals surface area contributed by atoms with Crippen molar-refractivity contribution in [2.24, 2.45) is 0 Å². The number of imidazole rings is 1. The molecule has 1 heterocycles. The first-order valence-corrected chi connectivity index (χ1v) is 7.19. The van der Waals surface area contributed by atoms with Gasteiger partial charge < -0.3 is 9.72 Å². The average molecular weight is 280 g/mol. The number of fused-ring (bicyclic) bond motifs is 1. The minimum Gasteiger partial charge on any atom is -0.485 e. The molecular weight excluding hydrogens is 260 g/mol. The molecule has 0 spiro atoms. The number of benzene rings is 2. The fraction of sp³-hybridized carbons (Fsp3) is 0.278. The second-order valence-corrected chi connectivity index (χ2v) is 5.65. The number of hydrogen-bond acceptors (Lipinski definition) is 2. The van der Waals surface area contributed by atoms with Crippen LogP contribution in [0.2, 0.25) is 0 Å². The van der Waals surface area contributed by atoms with Crippen molar-refractivity contribution in [2.75, 3.05) is 0 Å². The Hall–Kier alpha value is -2.29. The summed E-state index contributed by atoms with van der Waals surface area (Å²) < 4.78 is 5.95. The third-order valence-corrected chi connectivity index (χ3v) is 3.91. The fourth-order valence-electron chi connectivity index (χ4n) is 2.56. The minimum absolute atomic E-state index is 0.457. The zero-order valence-electron chi connectivity index (χ0n) is 12.9. The monoisotopic (exact) mass is 280 g/mol. The van der Waals surface area contributed by atoms with Crippen molar-refractivity contribution in [1.82, 2.24) is 9.97 Å². The van der Waals surface area contributed by atoms with E-state index in [1.54, 1.807) is 0 Å². The predicted molar refractivity (Wildman–Crippen MR) is 85.8 cm³/mol. The van der Waals surface area contributed by atoms with E-state index in [-0.39, 0.29) is 0 Å². The predicted octanol–water partition coefficient (Wildman–Crippen LogP) is 4.38. The number of para-hydroxylation sites is 1. The Morgan fingerprint density at radius 2 is 1.62 bits per heavy atom. The first-order chi connectivity index (χ1) is 10.0. The number of ether oxygens (including phenoxy) is 1. The number of nitrogens with zero attached hydrogens (tertiary/aromatic N) is 1. The molecule has 2 aromatic carbocycles. The zero-order chi connectivity index (χ0) is 15.0. The van der Waals surface area contributed by atoms with E-state index in [1.807, 2.05) is 6.07 Å². The Kier molecular flexibility index (Phi) is 3.42. The summed E-state index contributed by atoms with van der Waals surface area (Å²) in [6.07, 6.45) is 0. The molecule has 0 bridgehead atoms. The van der Waals surface area contributed by atoms with Crippen LogP contribution in [0.1, 0.15) is 28.1 Å². The van der Waals surface area contributed by atoms with E-state index < -0.39 is 0 Å². The van der Waals surface area contributed by atoms with E-state index in [9.17, 15) is 0 Å². The van der Waals surface area contributed by atoms with Crippen LogP contribution >= 0.6 is 0 Å². The Bertz CT molecular complexity index is 743. The average Bonchev–Trinajstić information content (AvgIpc) is 2.80. The van der Waals surface area contributed by atoms with E-state index in [0.717, 1.165) is 33.7 Å². The third kappa shape index (κ3) is 2.64.